The maximum atomic E-state index is 10.2. The molecule has 4 N–H and O–H groups in total. The van der Waals surface area contributed by atoms with Gasteiger partial charge < -0.3 is 20.9 Å². The highest BCUT2D eigenvalue weighted by Gasteiger charge is 2.08. The van der Waals surface area contributed by atoms with Crippen molar-refractivity contribution in [2.24, 2.45) is 0 Å². The highest BCUT2D eigenvalue weighted by molar-refractivity contribution is 5.50. The lowest BCUT2D eigenvalue weighted by Gasteiger charge is -2.15. The van der Waals surface area contributed by atoms with Crippen molar-refractivity contribution < 1.29 is 9.84 Å². The third kappa shape index (κ3) is 3.42. The van der Waals surface area contributed by atoms with Crippen molar-refractivity contribution in [1.82, 2.24) is 0 Å². The number of aliphatic hydroxyl groups is 1. The van der Waals surface area contributed by atoms with Gasteiger partial charge in [-0.25, -0.2) is 0 Å². The van der Waals surface area contributed by atoms with Crippen LogP contribution in [0.5, 0.6) is 5.75 Å². The quantitative estimate of drug-likeness (QED) is 0.732. The van der Waals surface area contributed by atoms with Crippen LogP contribution in [0.1, 0.15) is 17.2 Å². The Kier molecular flexibility index (Phi) is 4.48. The number of nitrogens with two attached hydrogens (primary N) is 1. The van der Waals surface area contributed by atoms with E-state index in [-0.39, 0.29) is 0 Å². The molecule has 20 heavy (non-hydrogen) atoms. The van der Waals surface area contributed by atoms with Crippen LogP contribution in [0.3, 0.4) is 0 Å². The second-order valence-electron chi connectivity index (χ2n) is 4.74. The number of methoxy groups -OCH3 is 1. The first kappa shape index (κ1) is 14.2. The molecule has 0 aliphatic heterocycles. The standard InChI is InChI=1S/C16H20N2O2/c1-11-6-7-12(8-15(11)17)16(19)10-18-13-4-3-5-14(9-13)20-2/h3-9,16,18-19H,10,17H2,1-2H3. The molecule has 0 aliphatic carbocycles. The molecule has 1 unspecified atom stereocenters. The average Bonchev–Trinajstić information content (AvgIpc) is 2.47. The summed E-state index contributed by atoms with van der Waals surface area (Å²) in [5, 5.41) is 13.4. The van der Waals surface area contributed by atoms with E-state index in [0.29, 0.717) is 12.2 Å². The Balaban J connectivity index is 2.00. The summed E-state index contributed by atoms with van der Waals surface area (Å²) in [7, 11) is 1.63. The zero-order chi connectivity index (χ0) is 14.5. The minimum atomic E-state index is -0.607. The van der Waals surface area contributed by atoms with Gasteiger partial charge in [0, 0.05) is 24.0 Å². The SMILES string of the molecule is COc1cccc(NCC(O)c2ccc(C)c(N)c2)c1. The number of anilines is 2. The molecule has 0 aromatic heterocycles. The van der Waals surface area contributed by atoms with Gasteiger partial charge in [0.15, 0.2) is 0 Å². The van der Waals surface area contributed by atoms with Gasteiger partial charge in [-0.1, -0.05) is 18.2 Å². The molecule has 2 aromatic rings. The van der Waals surface area contributed by atoms with Crippen LogP contribution in [-0.2, 0) is 0 Å². The van der Waals surface area contributed by atoms with Crippen molar-refractivity contribution >= 4 is 11.4 Å². The Morgan fingerprint density at radius 2 is 2.05 bits per heavy atom. The van der Waals surface area contributed by atoms with Gasteiger partial charge in [-0.05, 0) is 36.2 Å². The van der Waals surface area contributed by atoms with Crippen molar-refractivity contribution in [2.75, 3.05) is 24.7 Å². The van der Waals surface area contributed by atoms with E-state index < -0.39 is 6.10 Å². The van der Waals surface area contributed by atoms with Crippen molar-refractivity contribution in [2.45, 2.75) is 13.0 Å². The van der Waals surface area contributed by atoms with Crippen LogP contribution in [0.15, 0.2) is 42.5 Å². The highest BCUT2D eigenvalue weighted by Crippen LogP contribution is 2.21. The molecule has 0 bridgehead atoms. The zero-order valence-corrected chi connectivity index (χ0v) is 11.8. The predicted octanol–water partition coefficient (Wildman–Crippen LogP) is 2.73. The van der Waals surface area contributed by atoms with Crippen LogP contribution in [-0.4, -0.2) is 18.8 Å². The highest BCUT2D eigenvalue weighted by atomic mass is 16.5. The van der Waals surface area contributed by atoms with E-state index in [9.17, 15) is 5.11 Å². The minimum Gasteiger partial charge on any atom is -0.497 e. The smallest absolute Gasteiger partial charge is 0.120 e. The number of nitrogen functional groups attached to an aromatic ring is 1. The molecule has 0 amide bonds. The molecule has 2 rings (SSSR count). The molecule has 0 heterocycles. The maximum absolute atomic E-state index is 10.2. The molecule has 0 aliphatic rings. The molecule has 0 saturated carbocycles. The van der Waals surface area contributed by atoms with E-state index >= 15 is 0 Å². The molecular weight excluding hydrogens is 252 g/mol. The molecule has 0 radical (unpaired) electrons. The fraction of sp³-hybridized carbons (Fsp3) is 0.250. The number of hydrogen-bond acceptors (Lipinski definition) is 4. The van der Waals surface area contributed by atoms with Crippen molar-refractivity contribution in [3.63, 3.8) is 0 Å². The normalized spacial score (nSPS) is 11.9. The van der Waals surface area contributed by atoms with Gasteiger partial charge >= 0.3 is 0 Å². The number of hydrogen-bond donors (Lipinski definition) is 3. The number of benzene rings is 2. The minimum absolute atomic E-state index is 0.412. The molecule has 4 heteroatoms. The van der Waals surface area contributed by atoms with E-state index in [1.54, 1.807) is 7.11 Å². The molecule has 0 spiro atoms. The first-order valence-electron chi connectivity index (χ1n) is 6.52. The van der Waals surface area contributed by atoms with Gasteiger partial charge in [-0.15, -0.1) is 0 Å². The fourth-order valence-electron chi connectivity index (χ4n) is 1.93. The predicted molar refractivity (Wildman–Crippen MR) is 82.0 cm³/mol. The van der Waals surface area contributed by atoms with Gasteiger partial charge in [0.25, 0.3) is 0 Å². The Morgan fingerprint density at radius 3 is 2.75 bits per heavy atom. The van der Waals surface area contributed by atoms with Crippen LogP contribution in [0, 0.1) is 6.92 Å². The van der Waals surface area contributed by atoms with Crippen LogP contribution >= 0.6 is 0 Å². The van der Waals surface area contributed by atoms with Crippen molar-refractivity contribution in [3.05, 3.63) is 53.6 Å². The Labute approximate surface area is 119 Å². The number of ether oxygens (including phenoxy) is 1. The summed E-state index contributed by atoms with van der Waals surface area (Å²) in [6.45, 7) is 2.36. The summed E-state index contributed by atoms with van der Waals surface area (Å²) in [6.07, 6.45) is -0.607. The average molecular weight is 272 g/mol. The summed E-state index contributed by atoms with van der Waals surface area (Å²) in [5.74, 6) is 0.782. The van der Waals surface area contributed by atoms with E-state index in [4.69, 9.17) is 10.5 Å². The molecule has 0 fully saturated rings. The van der Waals surface area contributed by atoms with E-state index in [2.05, 4.69) is 5.32 Å². The summed E-state index contributed by atoms with van der Waals surface area (Å²) in [5.41, 5.74) is 9.28. The third-order valence-corrected chi connectivity index (χ3v) is 3.26. The van der Waals surface area contributed by atoms with Crippen molar-refractivity contribution in [1.29, 1.82) is 0 Å². The number of rotatable bonds is 5. The second-order valence-corrected chi connectivity index (χ2v) is 4.74. The largest absolute Gasteiger partial charge is 0.497 e. The van der Waals surface area contributed by atoms with E-state index in [1.165, 1.54) is 0 Å². The van der Waals surface area contributed by atoms with Gasteiger partial charge in [0.2, 0.25) is 0 Å². The van der Waals surface area contributed by atoms with Crippen LogP contribution in [0.2, 0.25) is 0 Å². The summed E-state index contributed by atoms with van der Waals surface area (Å²) >= 11 is 0. The molecule has 0 saturated heterocycles. The Morgan fingerprint density at radius 1 is 1.25 bits per heavy atom. The molecule has 1 atom stereocenters. The summed E-state index contributed by atoms with van der Waals surface area (Å²) < 4.78 is 5.16. The van der Waals surface area contributed by atoms with E-state index in [0.717, 1.165) is 22.6 Å². The lowest BCUT2D eigenvalue weighted by molar-refractivity contribution is 0.191. The lowest BCUT2D eigenvalue weighted by Crippen LogP contribution is -2.12. The molecular formula is C16H20N2O2. The third-order valence-electron chi connectivity index (χ3n) is 3.26. The van der Waals surface area contributed by atoms with E-state index in [1.807, 2.05) is 49.4 Å². The van der Waals surface area contributed by atoms with Gasteiger partial charge in [-0.3, -0.25) is 0 Å². The molecule has 4 nitrogen and oxygen atoms in total. The van der Waals surface area contributed by atoms with Gasteiger partial charge in [-0.2, -0.15) is 0 Å². The Hall–Kier alpha value is -2.20. The monoisotopic (exact) mass is 272 g/mol. The van der Waals surface area contributed by atoms with Crippen LogP contribution in [0.4, 0.5) is 11.4 Å². The first-order chi connectivity index (χ1) is 9.60. The van der Waals surface area contributed by atoms with Crippen LogP contribution in [0.25, 0.3) is 0 Å². The first-order valence-corrected chi connectivity index (χ1v) is 6.52. The van der Waals surface area contributed by atoms with Gasteiger partial charge in [0.1, 0.15) is 5.75 Å². The lowest BCUT2D eigenvalue weighted by atomic mass is 10.1. The number of nitrogens with one attached hydrogen (secondary N) is 1. The summed E-state index contributed by atoms with van der Waals surface area (Å²) in [4.78, 5) is 0. The van der Waals surface area contributed by atoms with Crippen molar-refractivity contribution in [3.8, 4) is 5.75 Å². The number of aryl methyl sites for hydroxylation is 1. The summed E-state index contributed by atoms with van der Waals surface area (Å²) in [6, 6.07) is 13.2. The zero-order valence-electron chi connectivity index (χ0n) is 11.8. The van der Waals surface area contributed by atoms with Gasteiger partial charge in [0.05, 0.1) is 13.2 Å². The van der Waals surface area contributed by atoms with Crippen LogP contribution < -0.4 is 15.8 Å². The topological polar surface area (TPSA) is 67.5 Å². The second kappa shape index (κ2) is 6.30. The number of aliphatic hydroxyl groups excluding tert-OH is 1. The maximum Gasteiger partial charge on any atom is 0.120 e. The molecule has 106 valence electrons. The Bertz CT molecular complexity index is 584. The molecule has 2 aromatic carbocycles. The fourth-order valence-corrected chi connectivity index (χ4v) is 1.93.